The van der Waals surface area contributed by atoms with Gasteiger partial charge in [-0.1, -0.05) is 170 Å². The lowest BCUT2D eigenvalue weighted by Crippen LogP contribution is -1.87. The third kappa shape index (κ3) is 6.28. The summed E-state index contributed by atoms with van der Waals surface area (Å²) >= 11 is 3.84. The number of hydrogen-bond acceptors (Lipinski definition) is 2. The third-order valence-corrected chi connectivity index (χ3v) is 20.1. The molecule has 82 heavy (non-hydrogen) atoms. The molecule has 0 amide bonds. The molecule has 13 aromatic carbocycles. The van der Waals surface area contributed by atoms with Gasteiger partial charge in [0.05, 0.1) is 33.1 Å². The van der Waals surface area contributed by atoms with Gasteiger partial charge >= 0.3 is 0 Å². The van der Waals surface area contributed by atoms with Crippen LogP contribution in [-0.2, 0) is 0 Å². The van der Waals surface area contributed by atoms with Crippen molar-refractivity contribution in [3.05, 3.63) is 267 Å². The largest absolute Gasteiger partial charge is 0.308 e. The zero-order chi connectivity index (χ0) is 53.3. The highest BCUT2D eigenvalue weighted by Crippen LogP contribution is 2.53. The Labute approximate surface area is 478 Å². The highest BCUT2D eigenvalue weighted by Gasteiger charge is 2.27. The van der Waals surface area contributed by atoms with E-state index in [1.165, 1.54) is 183 Å². The van der Waals surface area contributed by atoms with E-state index in [4.69, 9.17) is 0 Å². The second kappa shape index (κ2) is 16.7. The van der Waals surface area contributed by atoms with E-state index >= 15 is 0 Å². The molecular formula is C78H44N2S2. The normalized spacial score (nSPS) is 12.4. The number of nitrogens with zero attached hydrogens (tertiary/aromatic N) is 2. The van der Waals surface area contributed by atoms with Gasteiger partial charge in [0.25, 0.3) is 0 Å². The maximum atomic E-state index is 2.61. The Kier molecular flexibility index (Phi) is 9.12. The topological polar surface area (TPSA) is 8.82 Å². The summed E-state index contributed by atoms with van der Waals surface area (Å²) < 4.78 is 10.5. The first-order valence-corrected chi connectivity index (χ1v) is 29.8. The molecule has 378 valence electrons. The van der Waals surface area contributed by atoms with Gasteiger partial charge in [-0.15, -0.1) is 22.7 Å². The minimum Gasteiger partial charge on any atom is -0.308 e. The van der Waals surface area contributed by atoms with Crippen molar-refractivity contribution in [1.82, 2.24) is 8.80 Å². The summed E-state index contributed by atoms with van der Waals surface area (Å²) in [6.45, 7) is 0. The molecule has 19 aromatic rings. The number of benzene rings is 13. The zero-order valence-corrected chi connectivity index (χ0v) is 45.7. The zero-order valence-electron chi connectivity index (χ0n) is 44.1. The van der Waals surface area contributed by atoms with Gasteiger partial charge in [0.15, 0.2) is 0 Å². The van der Waals surface area contributed by atoms with Crippen molar-refractivity contribution >= 4 is 139 Å². The van der Waals surface area contributed by atoms with Crippen LogP contribution in [-0.4, -0.2) is 8.80 Å². The van der Waals surface area contributed by atoms with Gasteiger partial charge in [0, 0.05) is 83.4 Å². The molecule has 0 aliphatic heterocycles. The second-order valence-corrected chi connectivity index (χ2v) is 24.5. The van der Waals surface area contributed by atoms with Crippen molar-refractivity contribution in [3.63, 3.8) is 0 Å². The molecule has 0 saturated heterocycles. The maximum Gasteiger partial charge on any atom is 0.0627 e. The summed E-state index contributed by atoms with van der Waals surface area (Å²) in [6, 6.07) is 100. The Morgan fingerprint density at radius 3 is 0.878 bits per heavy atom. The van der Waals surface area contributed by atoms with Crippen molar-refractivity contribution in [3.8, 4) is 66.8 Å². The van der Waals surface area contributed by atoms with Crippen LogP contribution in [0.2, 0.25) is 0 Å². The Morgan fingerprint density at radius 1 is 0.183 bits per heavy atom. The van der Waals surface area contributed by atoms with Gasteiger partial charge in [-0.2, -0.15) is 0 Å². The summed E-state index contributed by atoms with van der Waals surface area (Å²) in [5, 5.41) is 15.7. The molecule has 0 unspecified atom stereocenters. The summed E-state index contributed by atoms with van der Waals surface area (Å²) in [4.78, 5) is 0. The van der Waals surface area contributed by atoms with Crippen LogP contribution >= 0.6 is 22.7 Å². The standard InChI is InChI=1S/C78H44N2S2/c1-5-17-45(18-6-1)51-33-52(46-19-7-2-8-20-46)36-55(35-51)49-29-31-65-63(39-49)75-73-57-25-13-15-27-69(57)81-71(73)43-61-59-42-68-60(41-67(59)79(65)77(61)75)62-44-72-74(58-26-14-16-28-70(58)82-72)76-64-40-50(30-32-66(64)80(68)78(62)76)56-37-53(47-21-9-3-10-22-47)34-54(38-56)48-23-11-4-12-24-48/h1-44H. The van der Waals surface area contributed by atoms with Crippen molar-refractivity contribution in [1.29, 1.82) is 0 Å². The Hall–Kier alpha value is -10.1. The average molecular weight is 1070 g/mol. The minimum atomic E-state index is 1.21. The van der Waals surface area contributed by atoms with Gasteiger partial charge in [0.2, 0.25) is 0 Å². The lowest BCUT2D eigenvalue weighted by atomic mass is 9.92. The van der Waals surface area contributed by atoms with Gasteiger partial charge in [-0.25, -0.2) is 0 Å². The number of fused-ring (bicyclic) bond motifs is 20. The van der Waals surface area contributed by atoms with Crippen LogP contribution in [0.3, 0.4) is 0 Å². The summed E-state index contributed by atoms with van der Waals surface area (Å²) in [5.41, 5.74) is 22.1. The van der Waals surface area contributed by atoms with E-state index in [9.17, 15) is 0 Å². The molecule has 0 bridgehead atoms. The molecule has 0 N–H and O–H groups in total. The van der Waals surface area contributed by atoms with Crippen LogP contribution in [0.25, 0.3) is 183 Å². The lowest BCUT2D eigenvalue weighted by Gasteiger charge is -2.12. The highest BCUT2D eigenvalue weighted by atomic mass is 32.1. The van der Waals surface area contributed by atoms with Crippen molar-refractivity contribution in [2.45, 2.75) is 0 Å². The minimum absolute atomic E-state index is 1.21. The number of hydrogen-bond donors (Lipinski definition) is 0. The molecule has 0 atom stereocenters. The quantitative estimate of drug-likeness (QED) is 0.157. The van der Waals surface area contributed by atoms with Crippen LogP contribution in [0.4, 0.5) is 0 Å². The van der Waals surface area contributed by atoms with E-state index in [0.717, 1.165) is 0 Å². The number of aromatic nitrogens is 2. The molecule has 0 aliphatic carbocycles. The Bertz CT molecular complexity index is 5370. The predicted molar refractivity (Wildman–Crippen MR) is 354 cm³/mol. The number of rotatable bonds is 6. The molecule has 2 nitrogen and oxygen atoms in total. The van der Waals surface area contributed by atoms with Gasteiger partial charge in [0.1, 0.15) is 0 Å². The van der Waals surface area contributed by atoms with E-state index < -0.39 is 0 Å². The molecule has 19 rings (SSSR count). The SMILES string of the molecule is c1ccc(-c2cc(-c3ccccc3)cc(-c3ccc4c(c3)c3c5c(cc6c7cc8c(cc7n4c63)c3cc4sc6ccccc6c4c4c6cc(-c7cc(-c9ccccc9)cc(-c9ccccc9)c7)ccc6n8c34)sc3ccccc35)c2)cc1. The fraction of sp³-hybridized carbons (Fsp3) is 0. The van der Waals surface area contributed by atoms with Crippen LogP contribution in [0.5, 0.6) is 0 Å². The third-order valence-electron chi connectivity index (χ3n) is 17.9. The average Bonchev–Trinajstić information content (AvgIpc) is 2.64. The fourth-order valence-corrected chi connectivity index (χ4v) is 16.6. The Balaban J connectivity index is 0.893. The summed E-state index contributed by atoms with van der Waals surface area (Å²) in [5.74, 6) is 0. The first-order valence-electron chi connectivity index (χ1n) is 28.2. The van der Waals surface area contributed by atoms with Gasteiger partial charge < -0.3 is 8.80 Å². The van der Waals surface area contributed by atoms with E-state index in [1.54, 1.807) is 0 Å². The fourth-order valence-electron chi connectivity index (χ4n) is 14.3. The smallest absolute Gasteiger partial charge is 0.0627 e. The van der Waals surface area contributed by atoms with Crippen LogP contribution < -0.4 is 0 Å². The van der Waals surface area contributed by atoms with E-state index in [-0.39, 0.29) is 0 Å². The molecule has 0 fully saturated rings. The molecule has 0 spiro atoms. The van der Waals surface area contributed by atoms with Crippen molar-refractivity contribution < 1.29 is 0 Å². The number of thiophene rings is 2. The molecule has 0 radical (unpaired) electrons. The molecule has 0 saturated carbocycles. The molecule has 4 heteroatoms. The molecular weight excluding hydrogens is 1030 g/mol. The first kappa shape index (κ1) is 44.7. The van der Waals surface area contributed by atoms with E-state index in [0.29, 0.717) is 0 Å². The van der Waals surface area contributed by atoms with Crippen LogP contribution in [0.1, 0.15) is 0 Å². The van der Waals surface area contributed by atoms with Crippen molar-refractivity contribution in [2.24, 2.45) is 0 Å². The van der Waals surface area contributed by atoms with E-state index in [2.05, 4.69) is 276 Å². The van der Waals surface area contributed by atoms with Gasteiger partial charge in [-0.05, 0) is 164 Å². The molecule has 0 aliphatic rings. The van der Waals surface area contributed by atoms with Crippen LogP contribution in [0, 0.1) is 0 Å². The lowest BCUT2D eigenvalue weighted by molar-refractivity contribution is 1.36. The molecule has 6 heterocycles. The second-order valence-electron chi connectivity index (χ2n) is 22.3. The highest BCUT2D eigenvalue weighted by molar-refractivity contribution is 7.26. The summed E-state index contributed by atoms with van der Waals surface area (Å²) in [6.07, 6.45) is 0. The summed E-state index contributed by atoms with van der Waals surface area (Å²) in [7, 11) is 0. The molecule has 6 aromatic heterocycles. The maximum absolute atomic E-state index is 2.61. The van der Waals surface area contributed by atoms with E-state index in [1.807, 2.05) is 22.7 Å². The first-order chi connectivity index (χ1) is 40.6. The van der Waals surface area contributed by atoms with Gasteiger partial charge in [-0.3, -0.25) is 0 Å². The monoisotopic (exact) mass is 1070 g/mol. The van der Waals surface area contributed by atoms with Crippen LogP contribution in [0.15, 0.2) is 267 Å². The predicted octanol–water partition coefficient (Wildman–Crippen LogP) is 22.7. The van der Waals surface area contributed by atoms with Crippen molar-refractivity contribution in [2.75, 3.05) is 0 Å². The Morgan fingerprint density at radius 2 is 0.512 bits per heavy atom.